The molecule has 0 unspecified atom stereocenters. The van der Waals surface area contributed by atoms with E-state index >= 15 is 0 Å². The van der Waals surface area contributed by atoms with E-state index < -0.39 is 8.56 Å². The van der Waals surface area contributed by atoms with Crippen molar-refractivity contribution in [3.8, 4) is 94.7 Å². The van der Waals surface area contributed by atoms with Crippen molar-refractivity contribution in [2.45, 2.75) is 39.8 Å². The molecule has 6 heteroatoms. The first-order valence-corrected chi connectivity index (χ1v) is 13.5. The van der Waals surface area contributed by atoms with E-state index in [0.717, 1.165) is 12.5 Å². The first kappa shape index (κ1) is 31.0. The van der Waals surface area contributed by atoms with Crippen molar-refractivity contribution in [3.05, 3.63) is 0 Å². The number of hydrogen-bond donors (Lipinski definition) is 0. The van der Waals surface area contributed by atoms with Crippen LogP contribution in [-0.2, 0) is 18.4 Å². The summed E-state index contributed by atoms with van der Waals surface area (Å²) in [5.74, 6) is 39.9. The van der Waals surface area contributed by atoms with Gasteiger partial charge in [0.2, 0.25) is 0 Å². The van der Waals surface area contributed by atoms with Gasteiger partial charge in [-0.1, -0.05) is 5.92 Å². The van der Waals surface area contributed by atoms with E-state index in [9.17, 15) is 4.79 Å². The predicted octanol–water partition coefficient (Wildman–Crippen LogP) is 2.04. The molecule has 0 aromatic heterocycles. The van der Waals surface area contributed by atoms with Gasteiger partial charge in [-0.15, -0.1) is 0 Å². The first-order valence-electron chi connectivity index (χ1n) is 11.0. The van der Waals surface area contributed by atoms with Gasteiger partial charge in [0.05, 0.1) is 6.61 Å². The molecular weight excluding hydrogens is 454 g/mol. The van der Waals surface area contributed by atoms with Crippen LogP contribution in [0.3, 0.4) is 0 Å². The zero-order chi connectivity index (χ0) is 26.0. The van der Waals surface area contributed by atoms with Gasteiger partial charge in [0.15, 0.2) is 0 Å². The SMILES string of the molecule is CC#CC#CC#CC#CC#CC#CC#CC#CC(=O)N(C)CCOCCC[Si](C)(OCC)OCC. The van der Waals surface area contributed by atoms with Crippen molar-refractivity contribution >= 4 is 14.5 Å². The van der Waals surface area contributed by atoms with E-state index in [1.807, 2.05) is 13.8 Å². The maximum absolute atomic E-state index is 12.0. The minimum Gasteiger partial charge on any atom is -0.395 e. The minimum atomic E-state index is -2.10. The van der Waals surface area contributed by atoms with Gasteiger partial charge in [-0.05, 0) is 123 Å². The zero-order valence-corrected chi connectivity index (χ0v) is 22.0. The van der Waals surface area contributed by atoms with Crippen molar-refractivity contribution in [2.75, 3.05) is 40.0 Å². The van der Waals surface area contributed by atoms with Crippen LogP contribution < -0.4 is 0 Å². The third-order valence-electron chi connectivity index (χ3n) is 3.84. The lowest BCUT2D eigenvalue weighted by atomic mass is 10.4. The van der Waals surface area contributed by atoms with Crippen molar-refractivity contribution in [2.24, 2.45) is 0 Å². The van der Waals surface area contributed by atoms with E-state index in [0.29, 0.717) is 33.0 Å². The molecule has 0 aliphatic carbocycles. The Hall–Kier alpha value is -3.95. The second-order valence-corrected chi connectivity index (χ2v) is 9.91. The fraction of sp³-hybridized carbons (Fsp3) is 0.414. The molecule has 0 saturated heterocycles. The molecule has 178 valence electrons. The van der Waals surface area contributed by atoms with Crippen LogP contribution in [-0.4, -0.2) is 59.4 Å². The Morgan fingerprint density at radius 3 is 1.66 bits per heavy atom. The molecule has 0 aromatic carbocycles. The standard InChI is InChI=1S/C29H29NO4Si/c1-6-9-10-11-12-13-14-15-16-17-18-19-20-21-22-24-29(31)30(4)25-27-32-26-23-28-35(5,33-7-2)34-8-3/h7-8,23,25-28H2,1-5H3. The van der Waals surface area contributed by atoms with Crippen LogP contribution in [0.15, 0.2) is 0 Å². The van der Waals surface area contributed by atoms with Crippen LogP contribution in [0.5, 0.6) is 0 Å². The predicted molar refractivity (Wildman–Crippen MR) is 141 cm³/mol. The minimum absolute atomic E-state index is 0.342. The van der Waals surface area contributed by atoms with E-state index in [-0.39, 0.29) is 5.91 Å². The van der Waals surface area contributed by atoms with Crippen molar-refractivity contribution < 1.29 is 18.4 Å². The quantitative estimate of drug-likeness (QED) is 0.256. The third-order valence-corrected chi connectivity index (χ3v) is 6.90. The number of nitrogens with zero attached hydrogens (tertiary/aromatic N) is 1. The van der Waals surface area contributed by atoms with Crippen LogP contribution >= 0.6 is 0 Å². The van der Waals surface area contributed by atoms with Gasteiger partial charge in [0.1, 0.15) is 0 Å². The monoisotopic (exact) mass is 483 g/mol. The van der Waals surface area contributed by atoms with E-state index in [4.69, 9.17) is 13.6 Å². The Labute approximate surface area is 212 Å². The van der Waals surface area contributed by atoms with Gasteiger partial charge < -0.3 is 18.5 Å². The molecule has 0 aliphatic heterocycles. The molecule has 0 aliphatic rings. The topological polar surface area (TPSA) is 48.0 Å². The van der Waals surface area contributed by atoms with Crippen molar-refractivity contribution in [1.82, 2.24) is 4.90 Å². The van der Waals surface area contributed by atoms with E-state index in [1.165, 1.54) is 4.90 Å². The second-order valence-electron chi connectivity index (χ2n) is 6.57. The van der Waals surface area contributed by atoms with Gasteiger partial charge >= 0.3 is 8.56 Å². The average Bonchev–Trinajstić information content (AvgIpc) is 2.83. The fourth-order valence-electron chi connectivity index (χ4n) is 2.31. The molecule has 0 atom stereocenters. The maximum atomic E-state index is 12.0. The summed E-state index contributed by atoms with van der Waals surface area (Å²) in [6.45, 7) is 10.5. The van der Waals surface area contributed by atoms with E-state index in [2.05, 4.69) is 101 Å². The molecule has 0 fully saturated rings. The summed E-state index contributed by atoms with van der Waals surface area (Å²) in [6, 6.07) is 0.870. The van der Waals surface area contributed by atoms with Crippen LogP contribution in [0.25, 0.3) is 0 Å². The molecule has 0 spiro atoms. The van der Waals surface area contributed by atoms with Crippen LogP contribution in [0, 0.1) is 94.7 Å². The summed E-state index contributed by atoms with van der Waals surface area (Å²) in [7, 11) is -0.440. The molecular formula is C29H29NO4Si. The van der Waals surface area contributed by atoms with E-state index in [1.54, 1.807) is 14.0 Å². The zero-order valence-electron chi connectivity index (χ0n) is 21.0. The summed E-state index contributed by atoms with van der Waals surface area (Å²) >= 11 is 0. The van der Waals surface area contributed by atoms with Gasteiger partial charge in [-0.2, -0.15) is 0 Å². The number of ether oxygens (including phenoxy) is 1. The fourth-order valence-corrected chi connectivity index (χ4v) is 4.69. The van der Waals surface area contributed by atoms with Crippen LogP contribution in [0.1, 0.15) is 27.2 Å². The number of carbonyl (C=O) groups is 1. The maximum Gasteiger partial charge on any atom is 0.334 e. The molecule has 0 N–H and O–H groups in total. The van der Waals surface area contributed by atoms with Gasteiger partial charge in [0, 0.05) is 39.3 Å². The Morgan fingerprint density at radius 2 is 1.20 bits per heavy atom. The largest absolute Gasteiger partial charge is 0.395 e. The molecule has 0 bridgehead atoms. The number of amides is 1. The summed E-state index contributed by atoms with van der Waals surface area (Å²) in [4.78, 5) is 13.5. The molecule has 0 heterocycles. The number of likely N-dealkylation sites (N-methyl/N-ethyl adjacent to an activating group) is 1. The summed E-state index contributed by atoms with van der Waals surface area (Å²) in [5, 5.41) is 0. The van der Waals surface area contributed by atoms with Crippen molar-refractivity contribution in [3.63, 3.8) is 0 Å². The summed E-state index contributed by atoms with van der Waals surface area (Å²) in [5.41, 5.74) is 0. The Balaban J connectivity index is 4.27. The number of rotatable bonds is 11. The van der Waals surface area contributed by atoms with Gasteiger partial charge in [-0.3, -0.25) is 4.79 Å². The second kappa shape index (κ2) is 21.9. The number of carbonyl (C=O) groups excluding carboxylic acids is 1. The van der Waals surface area contributed by atoms with Crippen molar-refractivity contribution in [1.29, 1.82) is 0 Å². The lowest BCUT2D eigenvalue weighted by Gasteiger charge is -2.25. The van der Waals surface area contributed by atoms with Gasteiger partial charge in [0.25, 0.3) is 5.91 Å². The third kappa shape index (κ3) is 19.2. The van der Waals surface area contributed by atoms with Gasteiger partial charge in [-0.25, -0.2) is 0 Å². The molecule has 5 nitrogen and oxygen atoms in total. The number of hydrogen-bond acceptors (Lipinski definition) is 4. The highest BCUT2D eigenvalue weighted by Gasteiger charge is 2.29. The average molecular weight is 484 g/mol. The highest BCUT2D eigenvalue weighted by atomic mass is 28.4. The Morgan fingerprint density at radius 1 is 0.743 bits per heavy atom. The summed E-state index contributed by atoms with van der Waals surface area (Å²) < 4.78 is 17.2. The first-order chi connectivity index (χ1) is 17.0. The lowest BCUT2D eigenvalue weighted by molar-refractivity contribution is -0.124. The highest BCUT2D eigenvalue weighted by Crippen LogP contribution is 2.15. The summed E-state index contributed by atoms with van der Waals surface area (Å²) in [6.07, 6.45) is 0.853. The molecule has 35 heavy (non-hydrogen) atoms. The molecule has 0 aromatic rings. The lowest BCUT2D eigenvalue weighted by Crippen LogP contribution is -2.38. The Kier molecular flexibility index (Phi) is 19.4. The smallest absolute Gasteiger partial charge is 0.334 e. The highest BCUT2D eigenvalue weighted by molar-refractivity contribution is 6.66. The molecule has 0 radical (unpaired) electrons. The molecule has 1 amide bonds. The Bertz CT molecular complexity index is 1180. The molecule has 0 saturated carbocycles. The molecule has 0 rings (SSSR count). The van der Waals surface area contributed by atoms with Crippen LogP contribution in [0.4, 0.5) is 0 Å². The normalized spacial score (nSPS) is 8.14. The van der Waals surface area contributed by atoms with Crippen LogP contribution in [0.2, 0.25) is 12.6 Å².